The SMILES string of the molecule is COCCOc1ncc(C2CC2)cc1N. The largest absolute Gasteiger partial charge is 0.474 e. The molecule has 0 bridgehead atoms. The van der Waals surface area contributed by atoms with Crippen LogP contribution >= 0.6 is 0 Å². The first kappa shape index (κ1) is 10.2. The van der Waals surface area contributed by atoms with Gasteiger partial charge in [0.2, 0.25) is 5.88 Å². The summed E-state index contributed by atoms with van der Waals surface area (Å²) in [7, 11) is 1.64. The summed E-state index contributed by atoms with van der Waals surface area (Å²) in [5, 5.41) is 0. The number of nitrogen functional groups attached to an aromatic ring is 1. The molecule has 4 heteroatoms. The zero-order valence-corrected chi connectivity index (χ0v) is 8.90. The van der Waals surface area contributed by atoms with Crippen molar-refractivity contribution in [3.8, 4) is 5.88 Å². The molecule has 1 aromatic heterocycles. The van der Waals surface area contributed by atoms with Gasteiger partial charge in [0.25, 0.3) is 0 Å². The van der Waals surface area contributed by atoms with Gasteiger partial charge in [0.05, 0.1) is 12.3 Å². The van der Waals surface area contributed by atoms with E-state index < -0.39 is 0 Å². The molecule has 0 spiro atoms. The molecule has 1 heterocycles. The van der Waals surface area contributed by atoms with E-state index in [1.54, 1.807) is 7.11 Å². The molecule has 0 radical (unpaired) electrons. The van der Waals surface area contributed by atoms with Crippen LogP contribution in [0, 0.1) is 0 Å². The monoisotopic (exact) mass is 208 g/mol. The van der Waals surface area contributed by atoms with E-state index in [4.69, 9.17) is 15.2 Å². The van der Waals surface area contributed by atoms with E-state index >= 15 is 0 Å². The van der Waals surface area contributed by atoms with E-state index in [-0.39, 0.29) is 0 Å². The van der Waals surface area contributed by atoms with Gasteiger partial charge >= 0.3 is 0 Å². The molecule has 1 aromatic rings. The number of hydrogen-bond acceptors (Lipinski definition) is 4. The normalized spacial score (nSPS) is 15.3. The Morgan fingerprint density at radius 2 is 2.27 bits per heavy atom. The number of nitrogens with zero attached hydrogens (tertiary/aromatic N) is 1. The van der Waals surface area contributed by atoms with Crippen molar-refractivity contribution < 1.29 is 9.47 Å². The van der Waals surface area contributed by atoms with Gasteiger partial charge in [-0.3, -0.25) is 0 Å². The second-order valence-corrected chi connectivity index (χ2v) is 3.78. The lowest BCUT2D eigenvalue weighted by molar-refractivity contribution is 0.144. The van der Waals surface area contributed by atoms with Crippen LogP contribution in [0.2, 0.25) is 0 Å². The van der Waals surface area contributed by atoms with Gasteiger partial charge in [-0.1, -0.05) is 0 Å². The summed E-state index contributed by atoms with van der Waals surface area (Å²) < 4.78 is 10.3. The van der Waals surface area contributed by atoms with E-state index in [2.05, 4.69) is 4.98 Å². The number of methoxy groups -OCH3 is 1. The van der Waals surface area contributed by atoms with Gasteiger partial charge in [0.1, 0.15) is 6.61 Å². The fourth-order valence-electron chi connectivity index (χ4n) is 1.47. The minimum Gasteiger partial charge on any atom is -0.474 e. The highest BCUT2D eigenvalue weighted by atomic mass is 16.5. The molecule has 0 amide bonds. The summed E-state index contributed by atoms with van der Waals surface area (Å²) in [4.78, 5) is 4.21. The van der Waals surface area contributed by atoms with Crippen LogP contribution in [0.25, 0.3) is 0 Å². The Morgan fingerprint density at radius 1 is 1.47 bits per heavy atom. The lowest BCUT2D eigenvalue weighted by Crippen LogP contribution is -2.07. The molecule has 1 saturated carbocycles. The Kier molecular flexibility index (Phi) is 3.06. The van der Waals surface area contributed by atoms with E-state index in [1.807, 2.05) is 12.3 Å². The number of ether oxygens (including phenoxy) is 2. The van der Waals surface area contributed by atoms with Gasteiger partial charge in [0, 0.05) is 13.3 Å². The molecular weight excluding hydrogens is 192 g/mol. The van der Waals surface area contributed by atoms with E-state index in [0.717, 1.165) is 0 Å². The standard InChI is InChI=1S/C11H16N2O2/c1-14-4-5-15-11-10(12)6-9(7-13-11)8-2-3-8/h6-8H,2-5,12H2,1H3. The average Bonchev–Trinajstić information content (AvgIpc) is 3.04. The second-order valence-electron chi connectivity index (χ2n) is 3.78. The predicted molar refractivity (Wildman–Crippen MR) is 58.0 cm³/mol. The van der Waals surface area contributed by atoms with Crippen molar-refractivity contribution in [1.82, 2.24) is 4.98 Å². The molecule has 1 aliphatic carbocycles. The second kappa shape index (κ2) is 4.49. The zero-order chi connectivity index (χ0) is 10.7. The summed E-state index contributed by atoms with van der Waals surface area (Å²) in [6, 6.07) is 1.97. The Bertz CT molecular complexity index is 337. The van der Waals surface area contributed by atoms with Gasteiger partial charge in [0.15, 0.2) is 0 Å². The molecule has 1 fully saturated rings. The number of anilines is 1. The van der Waals surface area contributed by atoms with E-state index in [1.165, 1.54) is 18.4 Å². The Hall–Kier alpha value is -1.29. The van der Waals surface area contributed by atoms with Crippen LogP contribution in [0.1, 0.15) is 24.3 Å². The zero-order valence-electron chi connectivity index (χ0n) is 8.90. The smallest absolute Gasteiger partial charge is 0.237 e. The first-order valence-corrected chi connectivity index (χ1v) is 5.18. The molecule has 0 atom stereocenters. The van der Waals surface area contributed by atoms with Crippen LogP contribution in [0.5, 0.6) is 5.88 Å². The number of rotatable bonds is 5. The van der Waals surface area contributed by atoms with Crippen molar-refractivity contribution in [3.05, 3.63) is 17.8 Å². The minimum absolute atomic E-state index is 0.483. The Labute approximate surface area is 89.4 Å². The lowest BCUT2D eigenvalue weighted by atomic mass is 10.2. The predicted octanol–water partition coefficient (Wildman–Crippen LogP) is 1.57. The molecule has 2 N–H and O–H groups in total. The third kappa shape index (κ3) is 2.59. The van der Waals surface area contributed by atoms with E-state index in [9.17, 15) is 0 Å². The molecule has 0 saturated heterocycles. The van der Waals surface area contributed by atoms with E-state index in [0.29, 0.717) is 30.7 Å². The molecule has 1 aliphatic rings. The van der Waals surface area contributed by atoms with Crippen LogP contribution in [-0.2, 0) is 4.74 Å². The van der Waals surface area contributed by atoms with Gasteiger partial charge in [-0.25, -0.2) is 4.98 Å². The maximum Gasteiger partial charge on any atom is 0.237 e. The van der Waals surface area contributed by atoms with Gasteiger partial charge in [-0.05, 0) is 30.4 Å². The van der Waals surface area contributed by atoms with Crippen LogP contribution in [-0.4, -0.2) is 25.3 Å². The first-order valence-electron chi connectivity index (χ1n) is 5.18. The quantitative estimate of drug-likeness (QED) is 0.746. The molecule has 0 aliphatic heterocycles. The number of hydrogen-bond donors (Lipinski definition) is 1. The van der Waals surface area contributed by atoms with Crippen molar-refractivity contribution in [3.63, 3.8) is 0 Å². The van der Waals surface area contributed by atoms with Crippen molar-refractivity contribution in [2.75, 3.05) is 26.1 Å². The summed E-state index contributed by atoms with van der Waals surface area (Å²) in [6.45, 7) is 1.03. The molecule has 4 nitrogen and oxygen atoms in total. The fraction of sp³-hybridized carbons (Fsp3) is 0.545. The fourth-order valence-corrected chi connectivity index (χ4v) is 1.47. The molecular formula is C11H16N2O2. The van der Waals surface area contributed by atoms with Crippen LogP contribution in [0.3, 0.4) is 0 Å². The molecule has 0 aromatic carbocycles. The highest BCUT2D eigenvalue weighted by Gasteiger charge is 2.24. The maximum atomic E-state index is 5.84. The van der Waals surface area contributed by atoms with Crippen molar-refractivity contribution >= 4 is 5.69 Å². The van der Waals surface area contributed by atoms with Crippen molar-refractivity contribution in [2.24, 2.45) is 0 Å². The van der Waals surface area contributed by atoms with Gasteiger partial charge in [-0.15, -0.1) is 0 Å². The van der Waals surface area contributed by atoms with Crippen LogP contribution in [0.15, 0.2) is 12.3 Å². The maximum absolute atomic E-state index is 5.84. The number of aromatic nitrogens is 1. The molecule has 2 rings (SSSR count). The highest BCUT2D eigenvalue weighted by molar-refractivity contribution is 5.50. The Morgan fingerprint density at radius 3 is 2.87 bits per heavy atom. The summed E-state index contributed by atoms with van der Waals surface area (Å²) in [6.07, 6.45) is 4.37. The van der Waals surface area contributed by atoms with Gasteiger partial charge < -0.3 is 15.2 Å². The average molecular weight is 208 g/mol. The lowest BCUT2D eigenvalue weighted by Gasteiger charge is -2.08. The molecule has 0 unspecified atom stereocenters. The Balaban J connectivity index is 1.98. The first-order chi connectivity index (χ1) is 7.31. The topological polar surface area (TPSA) is 57.4 Å². The third-order valence-electron chi connectivity index (χ3n) is 2.47. The highest BCUT2D eigenvalue weighted by Crippen LogP contribution is 2.41. The van der Waals surface area contributed by atoms with Crippen LogP contribution < -0.4 is 10.5 Å². The summed E-state index contributed by atoms with van der Waals surface area (Å²) in [5.41, 5.74) is 7.69. The molecule has 82 valence electrons. The van der Waals surface area contributed by atoms with Gasteiger partial charge in [-0.2, -0.15) is 0 Å². The van der Waals surface area contributed by atoms with Crippen LogP contribution in [0.4, 0.5) is 5.69 Å². The third-order valence-corrected chi connectivity index (χ3v) is 2.47. The molecule has 15 heavy (non-hydrogen) atoms. The number of nitrogens with two attached hydrogens (primary N) is 1. The van der Waals surface area contributed by atoms with Crippen molar-refractivity contribution in [1.29, 1.82) is 0 Å². The number of pyridine rings is 1. The summed E-state index contributed by atoms with van der Waals surface area (Å²) in [5.74, 6) is 1.18. The summed E-state index contributed by atoms with van der Waals surface area (Å²) >= 11 is 0. The minimum atomic E-state index is 0.483. The van der Waals surface area contributed by atoms with Crippen molar-refractivity contribution in [2.45, 2.75) is 18.8 Å².